The van der Waals surface area contributed by atoms with Crippen molar-refractivity contribution in [3.63, 3.8) is 0 Å². The summed E-state index contributed by atoms with van der Waals surface area (Å²) in [6.07, 6.45) is 5.89. The molecule has 0 N–H and O–H groups in total. The van der Waals surface area contributed by atoms with E-state index in [0.29, 0.717) is 32.1 Å². The summed E-state index contributed by atoms with van der Waals surface area (Å²) in [4.78, 5) is 53.7. The third-order valence-electron chi connectivity index (χ3n) is 13.5. The maximum absolute atomic E-state index is 13.6. The van der Waals surface area contributed by atoms with Crippen molar-refractivity contribution < 1.29 is 57.1 Å². The van der Waals surface area contributed by atoms with Gasteiger partial charge < -0.3 is 37.9 Å². The van der Waals surface area contributed by atoms with E-state index in [4.69, 9.17) is 37.9 Å². The van der Waals surface area contributed by atoms with Crippen LogP contribution >= 0.6 is 0 Å². The molecule has 0 amide bonds. The van der Waals surface area contributed by atoms with Crippen LogP contribution in [-0.2, 0) is 57.1 Å². The molecule has 0 spiro atoms. The standard InChI is InChI=1S/C45H74O12/c1-11-31-21-33-13-17-36(52-33)27(7)42(46)50-26(6)20-32-12-16-38(51-32)29(9)44(48)56-41(25(4)5)23-35-15-19-39(54-35)30(10)45(49)57-40(24(2)3)22-34-14-18-37(53-34)28(8)43(47)55-31/h24-41H,11-23H2,1-10H3. The topological polar surface area (TPSA) is 142 Å². The Labute approximate surface area is 341 Å². The summed E-state index contributed by atoms with van der Waals surface area (Å²) in [6.45, 7) is 19.5. The van der Waals surface area contributed by atoms with Crippen LogP contribution in [0.15, 0.2) is 0 Å². The molecule has 5 fully saturated rings. The third kappa shape index (κ3) is 12.4. The SMILES string of the molecule is CCC1CC2CCC(O2)C(C)C(=O)OC(C)CC2CCC(O2)C(C)C(=O)OC(C(C)C)CC2CCC(O2)C(C)C(=O)OC(C(C)C)CC2CCC(O2)C(C)C(=O)O1. The Hall–Kier alpha value is -2.28. The summed E-state index contributed by atoms with van der Waals surface area (Å²) in [5, 5.41) is 0. The second-order valence-electron chi connectivity index (χ2n) is 18.7. The Morgan fingerprint density at radius 1 is 0.439 bits per heavy atom. The average Bonchev–Trinajstić information content (AvgIpc) is 4.00. The van der Waals surface area contributed by atoms with Crippen LogP contribution < -0.4 is 0 Å². The molecule has 16 unspecified atom stereocenters. The van der Waals surface area contributed by atoms with Crippen molar-refractivity contribution in [2.75, 3.05) is 0 Å². The van der Waals surface area contributed by atoms with Crippen molar-refractivity contribution in [2.24, 2.45) is 35.5 Å². The number of esters is 4. The van der Waals surface area contributed by atoms with Gasteiger partial charge >= 0.3 is 23.9 Å². The molecule has 0 saturated carbocycles. The molecule has 5 saturated heterocycles. The number of hydrogen-bond donors (Lipinski definition) is 0. The Bertz CT molecular complexity index is 1330. The fourth-order valence-corrected chi connectivity index (χ4v) is 9.24. The summed E-state index contributed by atoms with van der Waals surface area (Å²) in [5.41, 5.74) is 0. The van der Waals surface area contributed by atoms with Crippen LogP contribution in [0.3, 0.4) is 0 Å². The van der Waals surface area contributed by atoms with Crippen molar-refractivity contribution in [1.82, 2.24) is 0 Å². The second-order valence-corrected chi connectivity index (χ2v) is 18.7. The fraction of sp³-hybridized carbons (Fsp3) is 0.911. The highest BCUT2D eigenvalue weighted by molar-refractivity contribution is 5.74. The summed E-state index contributed by atoms with van der Waals surface area (Å²) >= 11 is 0. The molecule has 5 aliphatic rings. The van der Waals surface area contributed by atoms with Gasteiger partial charge in [0.2, 0.25) is 0 Å². The normalized spacial score (nSPS) is 42.5. The van der Waals surface area contributed by atoms with E-state index in [1.165, 1.54) is 0 Å². The van der Waals surface area contributed by atoms with Crippen LogP contribution in [0.25, 0.3) is 0 Å². The smallest absolute Gasteiger partial charge is 0.311 e. The molecule has 5 rings (SSSR count). The lowest BCUT2D eigenvalue weighted by atomic mass is 9.96. The summed E-state index contributed by atoms with van der Waals surface area (Å²) < 4.78 is 49.8. The molecule has 5 aliphatic heterocycles. The van der Waals surface area contributed by atoms with Crippen LogP contribution in [0.4, 0.5) is 0 Å². The monoisotopic (exact) mass is 807 g/mol. The quantitative estimate of drug-likeness (QED) is 0.204. The van der Waals surface area contributed by atoms with Gasteiger partial charge in [0.1, 0.15) is 24.4 Å². The van der Waals surface area contributed by atoms with E-state index in [-0.39, 0.29) is 109 Å². The molecular weight excluding hydrogens is 732 g/mol. The molecule has 12 heteroatoms. The molecule has 326 valence electrons. The predicted molar refractivity (Wildman–Crippen MR) is 212 cm³/mol. The van der Waals surface area contributed by atoms with E-state index >= 15 is 0 Å². The summed E-state index contributed by atoms with van der Waals surface area (Å²) in [7, 11) is 0. The maximum Gasteiger partial charge on any atom is 0.311 e. The van der Waals surface area contributed by atoms with E-state index in [9.17, 15) is 19.2 Å². The lowest BCUT2D eigenvalue weighted by Crippen LogP contribution is -2.36. The van der Waals surface area contributed by atoms with Crippen molar-refractivity contribution in [2.45, 2.75) is 226 Å². The number of fused-ring (bicyclic) bond motifs is 8. The molecule has 8 bridgehead atoms. The Morgan fingerprint density at radius 2 is 0.754 bits per heavy atom. The minimum atomic E-state index is -0.452. The Kier molecular flexibility index (Phi) is 16.7. The van der Waals surface area contributed by atoms with E-state index in [0.717, 1.165) is 51.4 Å². The van der Waals surface area contributed by atoms with Gasteiger partial charge in [0.05, 0.1) is 72.5 Å². The minimum Gasteiger partial charge on any atom is -0.462 e. The molecule has 57 heavy (non-hydrogen) atoms. The van der Waals surface area contributed by atoms with Gasteiger partial charge in [0.25, 0.3) is 0 Å². The third-order valence-corrected chi connectivity index (χ3v) is 13.5. The van der Waals surface area contributed by atoms with Gasteiger partial charge in [-0.2, -0.15) is 0 Å². The maximum atomic E-state index is 13.6. The van der Waals surface area contributed by atoms with Crippen molar-refractivity contribution in [3.8, 4) is 0 Å². The van der Waals surface area contributed by atoms with E-state index in [2.05, 4.69) is 0 Å². The van der Waals surface area contributed by atoms with Gasteiger partial charge in [0.15, 0.2) is 0 Å². The highest BCUT2D eigenvalue weighted by Crippen LogP contribution is 2.36. The Morgan fingerprint density at radius 3 is 1.11 bits per heavy atom. The molecule has 5 heterocycles. The second kappa shape index (κ2) is 20.8. The first-order valence-electron chi connectivity index (χ1n) is 22.5. The van der Waals surface area contributed by atoms with E-state index in [1.54, 1.807) is 0 Å². The first-order chi connectivity index (χ1) is 27.0. The van der Waals surface area contributed by atoms with Gasteiger partial charge in [-0.15, -0.1) is 0 Å². The van der Waals surface area contributed by atoms with Crippen molar-refractivity contribution in [1.29, 1.82) is 0 Å². The first kappa shape index (κ1) is 45.8. The lowest BCUT2D eigenvalue weighted by molar-refractivity contribution is -0.165. The minimum absolute atomic E-state index is 0.0792. The molecule has 0 aromatic heterocycles. The number of hydrogen-bond acceptors (Lipinski definition) is 12. The summed E-state index contributed by atoms with van der Waals surface area (Å²) in [6, 6.07) is 0. The lowest BCUT2D eigenvalue weighted by Gasteiger charge is -2.29. The largest absolute Gasteiger partial charge is 0.462 e. The van der Waals surface area contributed by atoms with Crippen LogP contribution in [0.1, 0.15) is 153 Å². The van der Waals surface area contributed by atoms with Crippen LogP contribution in [0, 0.1) is 35.5 Å². The fourth-order valence-electron chi connectivity index (χ4n) is 9.24. The molecule has 0 aromatic carbocycles. The van der Waals surface area contributed by atoms with Gasteiger partial charge in [-0.05, 0) is 104 Å². The van der Waals surface area contributed by atoms with Crippen LogP contribution in [0.5, 0.6) is 0 Å². The first-order valence-corrected chi connectivity index (χ1v) is 22.5. The van der Waals surface area contributed by atoms with Crippen LogP contribution in [-0.4, -0.2) is 97.1 Å². The van der Waals surface area contributed by atoms with Crippen molar-refractivity contribution in [3.05, 3.63) is 0 Å². The molecule has 12 nitrogen and oxygen atoms in total. The Balaban J connectivity index is 1.26. The number of rotatable bonds is 3. The van der Waals surface area contributed by atoms with Gasteiger partial charge in [-0.25, -0.2) is 0 Å². The number of ether oxygens (including phenoxy) is 8. The zero-order chi connectivity index (χ0) is 41.6. The average molecular weight is 807 g/mol. The number of carbonyl (C=O) groups is 4. The molecule has 0 aromatic rings. The van der Waals surface area contributed by atoms with Gasteiger partial charge in [-0.1, -0.05) is 34.6 Å². The predicted octanol–water partition coefficient (Wildman–Crippen LogP) is 7.68. The van der Waals surface area contributed by atoms with E-state index < -0.39 is 23.7 Å². The van der Waals surface area contributed by atoms with E-state index in [1.807, 2.05) is 69.2 Å². The zero-order valence-corrected chi connectivity index (χ0v) is 36.5. The molecule has 0 aliphatic carbocycles. The number of carbonyl (C=O) groups excluding carboxylic acids is 4. The zero-order valence-electron chi connectivity index (χ0n) is 36.5. The number of cyclic esters (lactones) is 4. The van der Waals surface area contributed by atoms with Gasteiger partial charge in [0, 0.05) is 25.7 Å². The molecule has 16 atom stereocenters. The van der Waals surface area contributed by atoms with Crippen LogP contribution in [0.2, 0.25) is 0 Å². The summed E-state index contributed by atoms with van der Waals surface area (Å²) in [5.74, 6) is -2.76. The van der Waals surface area contributed by atoms with Crippen molar-refractivity contribution >= 4 is 23.9 Å². The van der Waals surface area contributed by atoms with Gasteiger partial charge in [-0.3, -0.25) is 19.2 Å². The molecular formula is C45H74O12. The highest BCUT2D eigenvalue weighted by Gasteiger charge is 2.42. The highest BCUT2D eigenvalue weighted by atomic mass is 16.6. The molecule has 0 radical (unpaired) electrons.